The van der Waals surface area contributed by atoms with E-state index in [2.05, 4.69) is 10.3 Å². The molecule has 1 aromatic heterocycles. The van der Waals surface area contributed by atoms with Crippen molar-refractivity contribution in [2.24, 2.45) is 0 Å². The van der Waals surface area contributed by atoms with E-state index in [1.807, 2.05) is 0 Å². The Kier molecular flexibility index (Phi) is 5.19. The molecule has 0 aliphatic heterocycles. The van der Waals surface area contributed by atoms with Gasteiger partial charge in [0.1, 0.15) is 11.3 Å². The van der Waals surface area contributed by atoms with Crippen molar-refractivity contribution in [1.82, 2.24) is 10.3 Å². The van der Waals surface area contributed by atoms with Gasteiger partial charge in [-0.3, -0.25) is 10.1 Å². The van der Waals surface area contributed by atoms with Gasteiger partial charge in [-0.2, -0.15) is 0 Å². The SMILES string of the molecule is CC(C)(C)OC(=O)NCC=Cc1ncccc1[N+](=O)[O-]. The number of nitrogens with one attached hydrogen (secondary N) is 1. The zero-order valence-electron chi connectivity index (χ0n) is 11.6. The zero-order chi connectivity index (χ0) is 15.2. The molecule has 1 amide bonds. The highest BCUT2D eigenvalue weighted by Gasteiger charge is 2.15. The number of carbonyl (C=O) groups is 1. The number of aromatic nitrogens is 1. The van der Waals surface area contributed by atoms with E-state index in [1.165, 1.54) is 24.4 Å². The largest absolute Gasteiger partial charge is 0.444 e. The average Bonchev–Trinajstić information content (AvgIpc) is 2.33. The minimum absolute atomic E-state index is 0.0824. The summed E-state index contributed by atoms with van der Waals surface area (Å²) in [5.41, 5.74) is -0.405. The quantitative estimate of drug-likeness (QED) is 0.675. The summed E-state index contributed by atoms with van der Waals surface area (Å²) >= 11 is 0. The summed E-state index contributed by atoms with van der Waals surface area (Å²) in [6.07, 6.45) is 3.97. The number of amides is 1. The van der Waals surface area contributed by atoms with Gasteiger partial charge >= 0.3 is 6.09 Å². The fourth-order valence-electron chi connectivity index (χ4n) is 1.32. The molecule has 1 heterocycles. The predicted octanol–water partition coefficient (Wildman–Crippen LogP) is 2.53. The van der Waals surface area contributed by atoms with Gasteiger partial charge in [-0.1, -0.05) is 6.08 Å². The molecule has 0 bridgehead atoms. The summed E-state index contributed by atoms with van der Waals surface area (Å²) in [6, 6.07) is 2.86. The van der Waals surface area contributed by atoms with E-state index in [4.69, 9.17) is 4.74 Å². The lowest BCUT2D eigenvalue weighted by molar-refractivity contribution is -0.385. The molecule has 0 spiro atoms. The lowest BCUT2D eigenvalue weighted by Crippen LogP contribution is -2.32. The van der Waals surface area contributed by atoms with Gasteiger partial charge in [0.25, 0.3) is 5.69 Å². The second kappa shape index (κ2) is 6.65. The van der Waals surface area contributed by atoms with Crippen molar-refractivity contribution in [2.45, 2.75) is 26.4 Å². The molecular formula is C13H17N3O4. The summed E-state index contributed by atoms with van der Waals surface area (Å²) in [6.45, 7) is 5.49. The van der Waals surface area contributed by atoms with E-state index in [0.29, 0.717) is 0 Å². The summed E-state index contributed by atoms with van der Waals surface area (Å²) in [5, 5.41) is 13.3. The summed E-state index contributed by atoms with van der Waals surface area (Å²) in [7, 11) is 0. The third-order valence-electron chi connectivity index (χ3n) is 2.05. The molecule has 7 heteroatoms. The molecule has 1 aromatic rings. The Labute approximate surface area is 116 Å². The third kappa shape index (κ3) is 5.47. The Hall–Kier alpha value is -2.44. The molecule has 0 atom stereocenters. The van der Waals surface area contributed by atoms with Gasteiger partial charge in [0, 0.05) is 18.8 Å². The Morgan fingerprint density at radius 1 is 1.55 bits per heavy atom. The van der Waals surface area contributed by atoms with Crippen molar-refractivity contribution >= 4 is 17.9 Å². The van der Waals surface area contributed by atoms with Crippen LogP contribution in [0.4, 0.5) is 10.5 Å². The van der Waals surface area contributed by atoms with E-state index >= 15 is 0 Å². The van der Waals surface area contributed by atoms with Crippen LogP contribution in [0.1, 0.15) is 26.5 Å². The lowest BCUT2D eigenvalue weighted by atomic mass is 10.2. The molecule has 1 rings (SSSR count). The molecule has 0 aliphatic carbocycles. The Balaban J connectivity index is 2.54. The number of nitro groups is 1. The second-order valence-electron chi connectivity index (χ2n) is 4.95. The maximum Gasteiger partial charge on any atom is 0.407 e. The van der Waals surface area contributed by atoms with Crippen LogP contribution in [0.3, 0.4) is 0 Å². The minimum atomic E-state index is -0.562. The summed E-state index contributed by atoms with van der Waals surface area (Å²) in [5.74, 6) is 0. The Morgan fingerprint density at radius 2 is 2.25 bits per heavy atom. The summed E-state index contributed by atoms with van der Waals surface area (Å²) in [4.78, 5) is 25.5. The van der Waals surface area contributed by atoms with E-state index < -0.39 is 16.6 Å². The van der Waals surface area contributed by atoms with Crippen LogP contribution in [0.5, 0.6) is 0 Å². The maximum absolute atomic E-state index is 11.4. The average molecular weight is 279 g/mol. The first kappa shape index (κ1) is 15.6. The second-order valence-corrected chi connectivity index (χ2v) is 4.95. The first-order valence-corrected chi connectivity index (χ1v) is 6.02. The van der Waals surface area contributed by atoms with Crippen molar-refractivity contribution in [2.75, 3.05) is 6.54 Å². The molecule has 0 fully saturated rings. The topological polar surface area (TPSA) is 94.4 Å². The highest BCUT2D eigenvalue weighted by Crippen LogP contribution is 2.15. The fourth-order valence-corrected chi connectivity index (χ4v) is 1.32. The molecule has 0 aliphatic rings. The zero-order valence-corrected chi connectivity index (χ0v) is 11.6. The van der Waals surface area contributed by atoms with Crippen LogP contribution in [0.25, 0.3) is 6.08 Å². The molecule has 0 saturated heterocycles. The molecular weight excluding hydrogens is 262 g/mol. The maximum atomic E-state index is 11.4. The van der Waals surface area contributed by atoms with Crippen molar-refractivity contribution < 1.29 is 14.5 Å². The van der Waals surface area contributed by atoms with Gasteiger partial charge in [-0.05, 0) is 32.9 Å². The van der Waals surface area contributed by atoms with Crippen molar-refractivity contribution in [3.05, 3.63) is 40.2 Å². The van der Waals surface area contributed by atoms with Gasteiger partial charge < -0.3 is 10.1 Å². The Bertz CT molecular complexity index is 521. The van der Waals surface area contributed by atoms with Gasteiger partial charge in [0.15, 0.2) is 0 Å². The van der Waals surface area contributed by atoms with Gasteiger partial charge in [-0.15, -0.1) is 0 Å². The molecule has 0 radical (unpaired) electrons. The van der Waals surface area contributed by atoms with Crippen molar-refractivity contribution in [3.63, 3.8) is 0 Å². The normalized spacial score (nSPS) is 11.3. The van der Waals surface area contributed by atoms with Gasteiger partial charge in [0.2, 0.25) is 0 Å². The highest BCUT2D eigenvalue weighted by molar-refractivity contribution is 5.68. The molecule has 20 heavy (non-hydrogen) atoms. The van der Waals surface area contributed by atoms with Crippen LogP contribution >= 0.6 is 0 Å². The number of ether oxygens (including phenoxy) is 1. The molecule has 0 aromatic carbocycles. The number of alkyl carbamates (subject to hydrolysis) is 1. The number of rotatable bonds is 4. The standard InChI is InChI=1S/C13H17N3O4/c1-13(2,3)20-12(17)15-9-4-6-10-11(16(18)19)7-5-8-14-10/h4-8H,9H2,1-3H3,(H,15,17). The van der Waals surface area contributed by atoms with Crippen molar-refractivity contribution in [1.29, 1.82) is 0 Å². The van der Waals surface area contributed by atoms with Crippen molar-refractivity contribution in [3.8, 4) is 0 Å². The molecule has 108 valence electrons. The first-order chi connectivity index (χ1) is 9.29. The highest BCUT2D eigenvalue weighted by atomic mass is 16.6. The first-order valence-electron chi connectivity index (χ1n) is 6.02. The molecule has 0 saturated carbocycles. The van der Waals surface area contributed by atoms with Crippen LogP contribution in [-0.4, -0.2) is 28.1 Å². The summed E-state index contributed by atoms with van der Waals surface area (Å²) < 4.78 is 5.04. The predicted molar refractivity (Wildman–Crippen MR) is 74.2 cm³/mol. The van der Waals surface area contributed by atoms with E-state index in [9.17, 15) is 14.9 Å². The number of carbonyl (C=O) groups excluding carboxylic acids is 1. The molecule has 0 unspecified atom stereocenters. The third-order valence-corrected chi connectivity index (χ3v) is 2.05. The van der Waals surface area contributed by atoms with Crippen LogP contribution in [0.15, 0.2) is 24.4 Å². The minimum Gasteiger partial charge on any atom is -0.444 e. The lowest BCUT2D eigenvalue weighted by Gasteiger charge is -2.19. The number of nitrogens with zero attached hydrogens (tertiary/aromatic N) is 2. The van der Waals surface area contributed by atoms with E-state index in [-0.39, 0.29) is 17.9 Å². The number of hydrogen-bond donors (Lipinski definition) is 1. The monoisotopic (exact) mass is 279 g/mol. The van der Waals surface area contributed by atoms with Crippen LogP contribution in [0, 0.1) is 10.1 Å². The van der Waals surface area contributed by atoms with Crippen LogP contribution in [0.2, 0.25) is 0 Å². The fraction of sp³-hybridized carbons (Fsp3) is 0.385. The number of hydrogen-bond acceptors (Lipinski definition) is 5. The molecule has 1 N–H and O–H groups in total. The molecule has 7 nitrogen and oxygen atoms in total. The van der Waals surface area contributed by atoms with Gasteiger partial charge in [0.05, 0.1) is 4.92 Å². The van der Waals surface area contributed by atoms with Gasteiger partial charge in [-0.25, -0.2) is 9.78 Å². The van der Waals surface area contributed by atoms with E-state index in [1.54, 1.807) is 26.8 Å². The smallest absolute Gasteiger partial charge is 0.407 e. The Morgan fingerprint density at radius 3 is 2.85 bits per heavy atom. The van der Waals surface area contributed by atoms with Crippen LogP contribution < -0.4 is 5.32 Å². The van der Waals surface area contributed by atoms with E-state index in [0.717, 1.165) is 0 Å². The number of pyridine rings is 1. The van der Waals surface area contributed by atoms with Crippen LogP contribution in [-0.2, 0) is 4.74 Å².